The molecule has 0 aliphatic heterocycles. The van der Waals surface area contributed by atoms with Gasteiger partial charge in [0.1, 0.15) is 6.04 Å². The number of nitrogens with two attached hydrogens (primary N) is 1. The lowest BCUT2D eigenvalue weighted by atomic mass is 10.1. The molecule has 0 aliphatic carbocycles. The molecule has 0 bridgehead atoms. The molecular weight excluding hydrogens is 195 g/mol. The monoisotopic (exact) mass is 200 g/mol. The molecule has 4 heteroatoms. The first-order valence-corrected chi connectivity index (χ1v) is 4.01. The Balaban J connectivity index is 3.11. The molecule has 0 amide bonds. The Bertz CT molecular complexity index is 330. The average molecular weight is 201 g/mol. The minimum atomic E-state index is -0.685. The van der Waals surface area contributed by atoms with Crippen LogP contribution in [0.2, 0.25) is 10.0 Å². The van der Waals surface area contributed by atoms with E-state index in [2.05, 4.69) is 0 Å². The molecule has 0 heterocycles. The van der Waals surface area contributed by atoms with Crippen molar-refractivity contribution in [2.75, 3.05) is 0 Å². The van der Waals surface area contributed by atoms with Gasteiger partial charge >= 0.3 is 0 Å². The first-order valence-electron chi connectivity index (χ1n) is 3.25. The van der Waals surface area contributed by atoms with E-state index in [9.17, 15) is 0 Å². The largest absolute Gasteiger partial charge is 0.312 e. The summed E-state index contributed by atoms with van der Waals surface area (Å²) in [5.74, 6) is 0. The summed E-state index contributed by atoms with van der Waals surface area (Å²) in [6, 6.07) is 6.08. The number of halogens is 2. The average Bonchev–Trinajstić information content (AvgIpc) is 2.03. The van der Waals surface area contributed by atoms with Crippen LogP contribution >= 0.6 is 23.2 Å². The van der Waals surface area contributed by atoms with E-state index in [1.807, 2.05) is 6.07 Å². The molecule has 1 atom stereocenters. The fraction of sp³-hybridized carbons (Fsp3) is 0.125. The van der Waals surface area contributed by atoms with Gasteiger partial charge in [-0.15, -0.1) is 0 Å². The summed E-state index contributed by atoms with van der Waals surface area (Å²) in [7, 11) is 0. The summed E-state index contributed by atoms with van der Waals surface area (Å²) in [6.45, 7) is 0. The molecule has 2 N–H and O–H groups in total. The lowest BCUT2D eigenvalue weighted by Gasteiger charge is -2.05. The Morgan fingerprint density at radius 3 is 2.58 bits per heavy atom. The Labute approximate surface area is 80.5 Å². The highest BCUT2D eigenvalue weighted by Crippen LogP contribution is 2.24. The van der Waals surface area contributed by atoms with Gasteiger partial charge in [-0.2, -0.15) is 5.26 Å². The van der Waals surface area contributed by atoms with Crippen LogP contribution < -0.4 is 5.73 Å². The van der Waals surface area contributed by atoms with Gasteiger partial charge in [-0.25, -0.2) is 0 Å². The third kappa shape index (κ3) is 1.89. The smallest absolute Gasteiger partial charge is 0.120 e. The van der Waals surface area contributed by atoms with Crippen LogP contribution in [0.4, 0.5) is 0 Å². The van der Waals surface area contributed by atoms with Gasteiger partial charge in [-0.1, -0.05) is 29.3 Å². The second-order valence-electron chi connectivity index (χ2n) is 2.27. The normalized spacial score (nSPS) is 12.2. The van der Waals surface area contributed by atoms with Gasteiger partial charge in [0.2, 0.25) is 0 Å². The number of hydrogen-bond donors (Lipinski definition) is 1. The van der Waals surface area contributed by atoms with Crippen LogP contribution in [0.5, 0.6) is 0 Å². The lowest BCUT2D eigenvalue weighted by molar-refractivity contribution is 0.926. The third-order valence-electron chi connectivity index (χ3n) is 1.44. The predicted octanol–water partition coefficient (Wildman–Crippen LogP) is 2.52. The van der Waals surface area contributed by atoms with Crippen LogP contribution in [0.3, 0.4) is 0 Å². The maximum absolute atomic E-state index is 8.52. The minimum Gasteiger partial charge on any atom is -0.312 e. The second-order valence-corrected chi connectivity index (χ2v) is 3.12. The molecule has 0 saturated heterocycles. The van der Waals surface area contributed by atoms with Gasteiger partial charge in [-0.3, -0.25) is 0 Å². The number of rotatable bonds is 1. The van der Waals surface area contributed by atoms with E-state index >= 15 is 0 Å². The quantitative estimate of drug-likeness (QED) is 0.758. The van der Waals surface area contributed by atoms with Crippen molar-refractivity contribution < 1.29 is 0 Å². The predicted molar refractivity (Wildman–Crippen MR) is 49.0 cm³/mol. The highest BCUT2D eigenvalue weighted by atomic mass is 35.5. The van der Waals surface area contributed by atoms with Crippen LogP contribution in [-0.2, 0) is 0 Å². The maximum Gasteiger partial charge on any atom is 0.120 e. The van der Waals surface area contributed by atoms with Crippen molar-refractivity contribution in [1.82, 2.24) is 0 Å². The highest BCUT2D eigenvalue weighted by Gasteiger charge is 2.08. The first-order chi connectivity index (χ1) is 5.65. The number of nitriles is 1. The number of benzene rings is 1. The topological polar surface area (TPSA) is 49.8 Å². The van der Waals surface area contributed by atoms with Gasteiger partial charge in [-0.05, 0) is 12.1 Å². The Hall–Kier alpha value is -0.750. The van der Waals surface area contributed by atoms with Crippen molar-refractivity contribution in [3.63, 3.8) is 0 Å². The molecule has 0 radical (unpaired) electrons. The summed E-state index contributed by atoms with van der Waals surface area (Å²) in [6.07, 6.45) is 0. The Kier molecular flexibility index (Phi) is 2.93. The third-order valence-corrected chi connectivity index (χ3v) is 2.00. The van der Waals surface area contributed by atoms with E-state index in [4.69, 9.17) is 34.2 Å². The van der Waals surface area contributed by atoms with Crippen molar-refractivity contribution >= 4 is 23.2 Å². The molecule has 0 saturated carbocycles. The second kappa shape index (κ2) is 3.77. The number of nitrogens with zero attached hydrogens (tertiary/aromatic N) is 1. The van der Waals surface area contributed by atoms with Gasteiger partial charge in [0, 0.05) is 15.6 Å². The highest BCUT2D eigenvalue weighted by molar-refractivity contribution is 6.35. The van der Waals surface area contributed by atoms with Gasteiger partial charge < -0.3 is 5.73 Å². The van der Waals surface area contributed by atoms with Crippen LogP contribution in [0.25, 0.3) is 0 Å². The molecule has 1 aromatic rings. The summed E-state index contributed by atoms with van der Waals surface area (Å²) < 4.78 is 0. The van der Waals surface area contributed by atoms with E-state index in [0.29, 0.717) is 15.6 Å². The fourth-order valence-corrected chi connectivity index (χ4v) is 1.35. The molecule has 12 heavy (non-hydrogen) atoms. The summed E-state index contributed by atoms with van der Waals surface area (Å²) >= 11 is 11.4. The van der Waals surface area contributed by atoms with Gasteiger partial charge in [0.15, 0.2) is 0 Å². The Morgan fingerprint density at radius 2 is 2.08 bits per heavy atom. The molecule has 0 unspecified atom stereocenters. The van der Waals surface area contributed by atoms with Crippen LogP contribution in [0, 0.1) is 11.3 Å². The molecule has 62 valence electrons. The SMILES string of the molecule is N#C[C@H](N)c1ccc(Cl)cc1Cl. The van der Waals surface area contributed by atoms with E-state index in [1.165, 1.54) is 0 Å². The van der Waals surface area contributed by atoms with Crippen LogP contribution in [-0.4, -0.2) is 0 Å². The van der Waals surface area contributed by atoms with Gasteiger partial charge in [0.25, 0.3) is 0 Å². The Morgan fingerprint density at radius 1 is 1.42 bits per heavy atom. The molecule has 1 aromatic carbocycles. The molecule has 1 rings (SSSR count). The van der Waals surface area contributed by atoms with E-state index in [0.717, 1.165) is 0 Å². The molecule has 0 aromatic heterocycles. The van der Waals surface area contributed by atoms with E-state index < -0.39 is 6.04 Å². The van der Waals surface area contributed by atoms with E-state index in [1.54, 1.807) is 18.2 Å². The van der Waals surface area contributed by atoms with Crippen molar-refractivity contribution in [2.45, 2.75) is 6.04 Å². The minimum absolute atomic E-state index is 0.427. The van der Waals surface area contributed by atoms with Crippen molar-refractivity contribution in [2.24, 2.45) is 5.73 Å². The molecular formula is C8H6Cl2N2. The molecule has 0 fully saturated rings. The van der Waals surface area contributed by atoms with Crippen LogP contribution in [0.1, 0.15) is 11.6 Å². The van der Waals surface area contributed by atoms with Gasteiger partial charge in [0.05, 0.1) is 6.07 Å². The lowest BCUT2D eigenvalue weighted by Crippen LogP contribution is -2.07. The standard InChI is InChI=1S/C8H6Cl2N2/c9-5-1-2-6(7(10)3-5)8(12)4-11/h1-3,8H,12H2/t8-/m0/s1. The summed E-state index contributed by atoms with van der Waals surface area (Å²) in [5, 5.41) is 9.48. The molecule has 2 nitrogen and oxygen atoms in total. The fourth-order valence-electron chi connectivity index (χ4n) is 0.823. The number of hydrogen-bond acceptors (Lipinski definition) is 2. The maximum atomic E-state index is 8.52. The zero-order chi connectivity index (χ0) is 9.14. The zero-order valence-electron chi connectivity index (χ0n) is 6.09. The van der Waals surface area contributed by atoms with Crippen molar-refractivity contribution in [3.05, 3.63) is 33.8 Å². The van der Waals surface area contributed by atoms with Crippen molar-refractivity contribution in [3.8, 4) is 6.07 Å². The summed E-state index contributed by atoms with van der Waals surface area (Å²) in [5.41, 5.74) is 6.06. The zero-order valence-corrected chi connectivity index (χ0v) is 7.60. The molecule has 0 spiro atoms. The van der Waals surface area contributed by atoms with E-state index in [-0.39, 0.29) is 0 Å². The summed E-state index contributed by atoms with van der Waals surface area (Å²) in [4.78, 5) is 0. The molecule has 0 aliphatic rings. The van der Waals surface area contributed by atoms with Crippen LogP contribution in [0.15, 0.2) is 18.2 Å². The van der Waals surface area contributed by atoms with Crippen molar-refractivity contribution in [1.29, 1.82) is 5.26 Å². The first kappa shape index (κ1) is 9.34.